The molecule has 0 unspecified atom stereocenters. The smallest absolute Gasteiger partial charge is 0.369 e. The fourth-order valence-electron chi connectivity index (χ4n) is 7.50. The molecule has 0 aliphatic carbocycles. The van der Waals surface area contributed by atoms with Crippen LogP contribution in [-0.4, -0.2) is 119 Å². The van der Waals surface area contributed by atoms with E-state index in [-0.39, 0.29) is 63.1 Å². The number of guanidine groups is 2. The molecular formula is C40H57ClFKN10Si2. The van der Waals surface area contributed by atoms with Gasteiger partial charge in [-0.1, -0.05) is 37.4 Å². The van der Waals surface area contributed by atoms with Gasteiger partial charge in [-0.2, -0.15) is 0 Å². The fourth-order valence-corrected chi connectivity index (χ4v) is 12.9. The molecule has 55 heavy (non-hydrogen) atoms. The van der Waals surface area contributed by atoms with Crippen LogP contribution in [0.5, 0.6) is 0 Å². The molecule has 0 amide bonds. The average molecular weight is 830 g/mol. The summed E-state index contributed by atoms with van der Waals surface area (Å²) in [6.45, 7) is 18.0. The molecule has 0 saturated carbocycles. The van der Waals surface area contributed by atoms with E-state index in [1.807, 2.05) is 67.3 Å². The van der Waals surface area contributed by atoms with Gasteiger partial charge in [0.2, 0.25) is 0 Å². The zero-order valence-corrected chi connectivity index (χ0v) is 39.0. The van der Waals surface area contributed by atoms with Crippen molar-refractivity contribution >= 4 is 38.8 Å². The van der Waals surface area contributed by atoms with Crippen molar-refractivity contribution in [2.75, 3.05) is 52.4 Å². The second kappa shape index (κ2) is 21.7. The zero-order valence-electron chi connectivity index (χ0n) is 33.1. The van der Waals surface area contributed by atoms with Gasteiger partial charge in [0.05, 0.1) is 5.54 Å². The maximum Gasteiger partial charge on any atom is 1.00 e. The van der Waals surface area contributed by atoms with Gasteiger partial charge < -0.3 is 18.9 Å². The molecule has 4 aliphatic heterocycles. The Balaban J connectivity index is 0.000000239. The van der Waals surface area contributed by atoms with Crippen LogP contribution in [0.15, 0.2) is 108 Å². The van der Waals surface area contributed by atoms with Gasteiger partial charge in [-0.05, 0) is 74.4 Å². The Morgan fingerprint density at radius 2 is 1.00 bits per heavy atom. The summed E-state index contributed by atoms with van der Waals surface area (Å²) < 4.78 is 4.99. The predicted molar refractivity (Wildman–Crippen MR) is 226 cm³/mol. The van der Waals surface area contributed by atoms with Crippen molar-refractivity contribution in [3.63, 3.8) is 0 Å². The summed E-state index contributed by atoms with van der Waals surface area (Å²) in [4.78, 5) is 32.3. The Hall–Kier alpha value is -2.70. The van der Waals surface area contributed by atoms with Crippen LogP contribution in [0, 0.1) is 6.42 Å². The number of nitrogens with zero attached hydrogens (tertiary/aromatic N) is 10. The van der Waals surface area contributed by atoms with E-state index in [2.05, 4.69) is 84.3 Å². The Morgan fingerprint density at radius 1 is 0.582 bits per heavy atom. The molecule has 15 heteroatoms. The first-order valence-electron chi connectivity index (χ1n) is 19.0. The molecule has 0 N–H and O–H groups in total. The van der Waals surface area contributed by atoms with Gasteiger partial charge in [0.1, 0.15) is 0 Å². The predicted octanol–water partition coefficient (Wildman–Crippen LogP) is 4.29. The van der Waals surface area contributed by atoms with E-state index in [1.54, 1.807) is 12.4 Å². The molecule has 10 nitrogen and oxygen atoms in total. The molecule has 290 valence electrons. The van der Waals surface area contributed by atoms with Gasteiger partial charge >= 0.3 is 51.4 Å². The van der Waals surface area contributed by atoms with E-state index in [4.69, 9.17) is 26.0 Å². The fraction of sp³-hybridized carbons (Fsp3) is 0.425. The molecule has 4 aliphatic rings. The van der Waals surface area contributed by atoms with Crippen molar-refractivity contribution in [1.82, 2.24) is 38.9 Å². The number of hydrogen-bond acceptors (Lipinski definition) is 10. The first-order chi connectivity index (χ1) is 25.7. The summed E-state index contributed by atoms with van der Waals surface area (Å²) in [6.07, 6.45) is 14.1. The number of hydrogen-bond donors (Lipinski definition) is 0. The van der Waals surface area contributed by atoms with Gasteiger partial charge in [-0.25, -0.2) is 0 Å². The van der Waals surface area contributed by atoms with Crippen LogP contribution >= 0.6 is 11.1 Å². The van der Waals surface area contributed by atoms with Gasteiger partial charge in [-0.15, -0.1) is 41.8 Å². The molecule has 2 saturated heterocycles. The van der Waals surface area contributed by atoms with Crippen LogP contribution in [0.2, 0.25) is 26.2 Å². The first kappa shape index (κ1) is 45.0. The molecule has 4 aromatic heterocycles. The van der Waals surface area contributed by atoms with Gasteiger partial charge in [0.25, 0.3) is 7.55 Å². The van der Waals surface area contributed by atoms with E-state index in [0.29, 0.717) is 0 Å². The summed E-state index contributed by atoms with van der Waals surface area (Å²) >= 11 is 6.49. The average Bonchev–Trinajstić information content (AvgIpc) is 3.19. The van der Waals surface area contributed by atoms with Crippen molar-refractivity contribution in [3.05, 3.63) is 127 Å². The maximum absolute atomic E-state index is 6.49. The number of halogens is 2. The van der Waals surface area contributed by atoms with Gasteiger partial charge in [-0.3, -0.25) is 34.6 Å². The quantitative estimate of drug-likeness (QED) is 0.155. The van der Waals surface area contributed by atoms with E-state index in [1.165, 1.54) is 37.6 Å². The third-order valence-electron chi connectivity index (χ3n) is 10.0. The molecular weight excluding hydrogens is 770 g/mol. The monoisotopic (exact) mass is 828 g/mol. The molecule has 0 atom stereocenters. The molecule has 0 bridgehead atoms. The normalized spacial score (nSPS) is 16.6. The number of aliphatic imine (C=N–C) groups is 2. The second-order valence-corrected chi connectivity index (χ2v) is 25.3. The van der Waals surface area contributed by atoms with Gasteiger partial charge in [0.15, 0.2) is 20.2 Å². The molecule has 0 spiro atoms. The summed E-state index contributed by atoms with van der Waals surface area (Å²) in [6, 6.07) is 24.1. The molecule has 8 heterocycles. The minimum absolute atomic E-state index is 0. The van der Waals surface area contributed by atoms with E-state index in [9.17, 15) is 0 Å². The number of aromatic nitrogens is 4. The van der Waals surface area contributed by atoms with Crippen molar-refractivity contribution in [3.8, 4) is 0 Å². The topological polar surface area (TPSA) is 89.2 Å². The number of pyridine rings is 4. The SMILES string of the molecule is C[Si](C)(C(c1ccccn1)c1ccccn1)N1CCCN2CCCN=C21.C[Si](C)(Cl)N1CCCN2CCCN=C21.F.[3HH].[K+].c1ccc([CH-]c2ccccn2)nc1. The van der Waals surface area contributed by atoms with Crippen molar-refractivity contribution in [2.45, 2.75) is 57.4 Å². The molecule has 0 aromatic carbocycles. The van der Waals surface area contributed by atoms with Crippen LogP contribution in [-0.2, 0) is 0 Å². The third kappa shape index (κ3) is 12.2. The Labute approximate surface area is 378 Å². The van der Waals surface area contributed by atoms with Crippen molar-refractivity contribution in [2.24, 2.45) is 9.98 Å². The standard InChI is InChI=1S/C20H27N5Si.C11H9N2.C9H18ClN3Si.FH.K.H2/c1-26(2,25-16-8-15-24-14-7-13-23-20(24)25)19(17-9-3-5-11-21-17)18-10-4-6-12-22-18;1-3-7-12-10(5-1)9-11-6-2-4-8-13-11;1-14(2,10)13-8-4-7-12-6-3-5-11-9(12)13;;;/h3-6,9-12,19H,7-8,13-16H2,1-2H3;1-9H;3-8H2,1-2H3;1H;;1H/q;-1;;;+1;/i;;;;;1+2. The van der Waals surface area contributed by atoms with Crippen LogP contribution in [0.1, 0.15) is 55.4 Å². The van der Waals surface area contributed by atoms with E-state index < -0.39 is 15.8 Å². The van der Waals surface area contributed by atoms with Crippen LogP contribution in [0.3, 0.4) is 0 Å². The zero-order chi connectivity index (χ0) is 37.1. The molecule has 4 aromatic rings. The Bertz CT molecular complexity index is 1700. The second-order valence-electron chi connectivity index (χ2n) is 14.7. The van der Waals surface area contributed by atoms with E-state index >= 15 is 0 Å². The van der Waals surface area contributed by atoms with Gasteiger partial charge in [0, 0.05) is 90.0 Å². The molecule has 0 radical (unpaired) electrons. The van der Waals surface area contributed by atoms with E-state index in [0.717, 1.165) is 75.1 Å². The third-order valence-corrected chi connectivity index (χ3v) is 16.2. The molecule has 2 fully saturated rings. The van der Waals surface area contributed by atoms with Crippen LogP contribution in [0.4, 0.5) is 4.70 Å². The summed E-state index contributed by atoms with van der Waals surface area (Å²) in [5.74, 6) is 2.39. The summed E-state index contributed by atoms with van der Waals surface area (Å²) in [5.41, 5.74) is 4.32. The Kier molecular flexibility index (Phi) is 17.8. The first-order valence-corrected chi connectivity index (χ1v) is 26.0. The van der Waals surface area contributed by atoms with Crippen molar-refractivity contribution < 1.29 is 57.5 Å². The molecule has 8 rings (SSSR count). The largest absolute Gasteiger partial charge is 1.00 e. The number of rotatable bonds is 7. The maximum atomic E-state index is 6.49. The summed E-state index contributed by atoms with van der Waals surface area (Å²) in [5, 5.41) is 0. The Morgan fingerprint density at radius 3 is 1.42 bits per heavy atom. The van der Waals surface area contributed by atoms with Crippen LogP contribution < -0.4 is 51.4 Å². The van der Waals surface area contributed by atoms with Crippen LogP contribution in [0.25, 0.3) is 0 Å². The summed E-state index contributed by atoms with van der Waals surface area (Å²) in [7, 11) is -3.72. The number of fused-ring (bicyclic) bond motifs is 2. The minimum atomic E-state index is -1.99. The van der Waals surface area contributed by atoms with Crippen molar-refractivity contribution in [1.29, 1.82) is 0 Å². The minimum Gasteiger partial charge on any atom is -0.369 e.